The van der Waals surface area contributed by atoms with E-state index in [4.69, 9.17) is 0 Å². The summed E-state index contributed by atoms with van der Waals surface area (Å²) in [4.78, 5) is 2.38. The molecule has 5 heteroatoms. The molecule has 1 heterocycles. The number of nitrogens with zero attached hydrogens (tertiary/aromatic N) is 1. The smallest absolute Gasteiger partial charge is 0.129 e. The first-order chi connectivity index (χ1) is 9.66. The molecule has 0 amide bonds. The highest BCUT2D eigenvalue weighted by atomic mass is 19.1. The van der Waals surface area contributed by atoms with Crippen LogP contribution in [0.1, 0.15) is 30.9 Å². The second-order valence-corrected chi connectivity index (χ2v) is 5.29. The summed E-state index contributed by atoms with van der Waals surface area (Å²) in [6, 6.07) is 3.14. The van der Waals surface area contributed by atoms with Crippen molar-refractivity contribution in [1.82, 2.24) is 10.2 Å². The molecule has 1 fully saturated rings. The molecule has 0 bridgehead atoms. The molecular formula is C15H22F2N2O. The van der Waals surface area contributed by atoms with Crippen LogP contribution in [0, 0.1) is 11.6 Å². The molecule has 0 aliphatic carbocycles. The lowest BCUT2D eigenvalue weighted by Crippen LogP contribution is -2.36. The van der Waals surface area contributed by atoms with Crippen molar-refractivity contribution in [1.29, 1.82) is 0 Å². The molecule has 0 saturated carbocycles. The number of aliphatic hydroxyl groups is 1. The van der Waals surface area contributed by atoms with E-state index in [9.17, 15) is 13.9 Å². The SMILES string of the molecule is OC(CNCCN1CCCCC1)c1cc(F)ccc1F. The second kappa shape index (κ2) is 7.67. The van der Waals surface area contributed by atoms with E-state index in [-0.39, 0.29) is 12.1 Å². The van der Waals surface area contributed by atoms with E-state index >= 15 is 0 Å². The minimum Gasteiger partial charge on any atom is -0.387 e. The first-order valence-corrected chi connectivity index (χ1v) is 7.23. The van der Waals surface area contributed by atoms with Gasteiger partial charge in [0.25, 0.3) is 0 Å². The third-order valence-corrected chi connectivity index (χ3v) is 3.71. The molecule has 0 spiro atoms. The van der Waals surface area contributed by atoms with Crippen molar-refractivity contribution < 1.29 is 13.9 Å². The van der Waals surface area contributed by atoms with Crippen LogP contribution in [-0.4, -0.2) is 42.7 Å². The highest BCUT2D eigenvalue weighted by molar-refractivity contribution is 5.21. The van der Waals surface area contributed by atoms with Crippen molar-refractivity contribution in [3.8, 4) is 0 Å². The Hall–Kier alpha value is -1.04. The monoisotopic (exact) mass is 284 g/mol. The lowest BCUT2D eigenvalue weighted by Gasteiger charge is -2.26. The summed E-state index contributed by atoms with van der Waals surface area (Å²) in [5.41, 5.74) is 0.00970. The Kier molecular flexibility index (Phi) is 5.88. The average Bonchev–Trinajstić information content (AvgIpc) is 2.47. The zero-order valence-corrected chi connectivity index (χ0v) is 11.6. The Labute approximate surface area is 118 Å². The highest BCUT2D eigenvalue weighted by Crippen LogP contribution is 2.17. The average molecular weight is 284 g/mol. The van der Waals surface area contributed by atoms with Crippen LogP contribution in [-0.2, 0) is 0 Å². The lowest BCUT2D eigenvalue weighted by molar-refractivity contribution is 0.165. The van der Waals surface area contributed by atoms with E-state index < -0.39 is 17.7 Å². The van der Waals surface area contributed by atoms with Gasteiger partial charge in [0.2, 0.25) is 0 Å². The van der Waals surface area contributed by atoms with E-state index in [1.807, 2.05) is 0 Å². The van der Waals surface area contributed by atoms with Gasteiger partial charge in [0, 0.05) is 25.2 Å². The molecule has 1 aliphatic rings. The Morgan fingerprint density at radius 2 is 1.95 bits per heavy atom. The van der Waals surface area contributed by atoms with E-state index in [1.165, 1.54) is 19.3 Å². The fraction of sp³-hybridized carbons (Fsp3) is 0.600. The van der Waals surface area contributed by atoms with Gasteiger partial charge in [-0.1, -0.05) is 6.42 Å². The number of hydrogen-bond acceptors (Lipinski definition) is 3. The maximum Gasteiger partial charge on any atom is 0.129 e. The van der Waals surface area contributed by atoms with Crippen molar-refractivity contribution in [2.45, 2.75) is 25.4 Å². The topological polar surface area (TPSA) is 35.5 Å². The normalized spacial score (nSPS) is 18.1. The molecule has 112 valence electrons. The van der Waals surface area contributed by atoms with Crippen molar-refractivity contribution >= 4 is 0 Å². The van der Waals surface area contributed by atoms with Gasteiger partial charge in [-0.15, -0.1) is 0 Å². The quantitative estimate of drug-likeness (QED) is 0.785. The minimum atomic E-state index is -1.02. The van der Waals surface area contributed by atoms with Gasteiger partial charge in [-0.25, -0.2) is 8.78 Å². The summed E-state index contributed by atoms with van der Waals surface area (Å²) >= 11 is 0. The zero-order chi connectivity index (χ0) is 14.4. The van der Waals surface area contributed by atoms with Gasteiger partial charge in [-0.3, -0.25) is 0 Å². The van der Waals surface area contributed by atoms with Crippen LogP contribution in [0.15, 0.2) is 18.2 Å². The Morgan fingerprint density at radius 1 is 1.20 bits per heavy atom. The van der Waals surface area contributed by atoms with Gasteiger partial charge in [0.1, 0.15) is 11.6 Å². The van der Waals surface area contributed by atoms with Crippen LogP contribution < -0.4 is 5.32 Å². The van der Waals surface area contributed by atoms with Crippen molar-refractivity contribution in [3.05, 3.63) is 35.4 Å². The van der Waals surface area contributed by atoms with Crippen LogP contribution in [0.2, 0.25) is 0 Å². The van der Waals surface area contributed by atoms with Gasteiger partial charge < -0.3 is 15.3 Å². The molecular weight excluding hydrogens is 262 g/mol. The minimum absolute atomic E-state index is 0.00970. The largest absolute Gasteiger partial charge is 0.387 e. The maximum absolute atomic E-state index is 13.5. The summed E-state index contributed by atoms with van der Waals surface area (Å²) < 4.78 is 26.5. The van der Waals surface area contributed by atoms with Crippen LogP contribution in [0.4, 0.5) is 8.78 Å². The summed E-state index contributed by atoms with van der Waals surface area (Å²) in [6.07, 6.45) is 2.78. The first kappa shape index (κ1) is 15.4. The van der Waals surface area contributed by atoms with E-state index in [0.29, 0.717) is 0 Å². The number of hydrogen-bond donors (Lipinski definition) is 2. The second-order valence-electron chi connectivity index (χ2n) is 5.29. The number of rotatable bonds is 6. The summed E-state index contributed by atoms with van der Waals surface area (Å²) in [5.74, 6) is -1.11. The lowest BCUT2D eigenvalue weighted by atomic mass is 10.1. The van der Waals surface area contributed by atoms with Crippen molar-refractivity contribution in [3.63, 3.8) is 0 Å². The van der Waals surface area contributed by atoms with Crippen molar-refractivity contribution in [2.24, 2.45) is 0 Å². The molecule has 20 heavy (non-hydrogen) atoms. The van der Waals surface area contributed by atoms with Gasteiger partial charge in [0.15, 0.2) is 0 Å². The molecule has 1 aromatic carbocycles. The fourth-order valence-corrected chi connectivity index (χ4v) is 2.54. The third kappa shape index (κ3) is 4.51. The van der Waals surface area contributed by atoms with Crippen LogP contribution in [0.5, 0.6) is 0 Å². The molecule has 1 atom stereocenters. The Balaban J connectivity index is 1.71. The first-order valence-electron chi connectivity index (χ1n) is 7.23. The predicted octanol–water partition coefficient (Wildman–Crippen LogP) is 2.07. The fourth-order valence-electron chi connectivity index (χ4n) is 2.54. The van der Waals surface area contributed by atoms with Crippen molar-refractivity contribution in [2.75, 3.05) is 32.7 Å². The number of piperidine rings is 1. The van der Waals surface area contributed by atoms with Gasteiger partial charge in [-0.2, -0.15) is 0 Å². The van der Waals surface area contributed by atoms with Gasteiger partial charge >= 0.3 is 0 Å². The van der Waals surface area contributed by atoms with E-state index in [0.717, 1.165) is 44.4 Å². The standard InChI is InChI=1S/C15H22F2N2O/c16-12-4-5-14(17)13(10-12)15(20)11-18-6-9-19-7-2-1-3-8-19/h4-5,10,15,18,20H,1-3,6-9,11H2. The number of likely N-dealkylation sites (tertiary alicyclic amines) is 1. The number of nitrogens with one attached hydrogen (secondary N) is 1. The van der Waals surface area contributed by atoms with Gasteiger partial charge in [-0.05, 0) is 44.1 Å². The summed E-state index contributed by atoms with van der Waals surface area (Å²) in [5, 5.41) is 13.0. The Bertz CT molecular complexity index is 422. The summed E-state index contributed by atoms with van der Waals surface area (Å²) in [6.45, 7) is 4.16. The molecule has 1 aliphatic heterocycles. The third-order valence-electron chi connectivity index (χ3n) is 3.71. The molecule has 0 aromatic heterocycles. The molecule has 1 unspecified atom stereocenters. The highest BCUT2D eigenvalue weighted by Gasteiger charge is 2.14. The molecule has 2 rings (SSSR count). The predicted molar refractivity (Wildman–Crippen MR) is 74.5 cm³/mol. The molecule has 1 saturated heterocycles. The maximum atomic E-state index is 13.5. The molecule has 2 N–H and O–H groups in total. The number of aliphatic hydroxyl groups excluding tert-OH is 1. The number of halogens is 2. The molecule has 0 radical (unpaired) electrons. The molecule has 1 aromatic rings. The van der Waals surface area contributed by atoms with E-state index in [2.05, 4.69) is 10.2 Å². The van der Waals surface area contributed by atoms with Crippen LogP contribution in [0.3, 0.4) is 0 Å². The zero-order valence-electron chi connectivity index (χ0n) is 11.6. The summed E-state index contributed by atoms with van der Waals surface area (Å²) in [7, 11) is 0. The number of benzene rings is 1. The van der Waals surface area contributed by atoms with Crippen LogP contribution in [0.25, 0.3) is 0 Å². The molecule has 3 nitrogen and oxygen atoms in total. The van der Waals surface area contributed by atoms with Gasteiger partial charge in [0.05, 0.1) is 6.10 Å². The Morgan fingerprint density at radius 3 is 2.70 bits per heavy atom. The van der Waals surface area contributed by atoms with E-state index in [1.54, 1.807) is 0 Å². The van der Waals surface area contributed by atoms with Crippen LogP contribution >= 0.6 is 0 Å².